The van der Waals surface area contributed by atoms with E-state index in [-0.39, 0.29) is 15.0 Å². The van der Waals surface area contributed by atoms with E-state index < -0.39 is 13.2 Å². The molecule has 2 unspecified atom stereocenters. The van der Waals surface area contributed by atoms with E-state index in [1.54, 1.807) is 5.82 Å². The molecule has 0 saturated heterocycles. The van der Waals surface area contributed by atoms with Gasteiger partial charge in [0.1, 0.15) is 0 Å². The van der Waals surface area contributed by atoms with Crippen LogP contribution in [0.4, 0.5) is 0 Å². The molecule has 0 aromatic heterocycles. The first-order valence-electron chi connectivity index (χ1n) is 6.42. The predicted molar refractivity (Wildman–Crippen MR) is 78.9 cm³/mol. The molecule has 0 N–H and O–H groups in total. The second-order valence-corrected chi connectivity index (χ2v) is 8.66. The Morgan fingerprint density at radius 3 is 2.58 bits per heavy atom. The molecule has 0 spiro atoms. The summed E-state index contributed by atoms with van der Waals surface area (Å²) < 4.78 is 25.9. The molecule has 1 aliphatic heterocycles. The summed E-state index contributed by atoms with van der Waals surface area (Å²) in [6.45, 7) is 6.29. The van der Waals surface area contributed by atoms with Gasteiger partial charge in [-0.25, -0.2) is 0 Å². The average molecular weight is 345 g/mol. The molecular formula is C14H19O3PSe. The SMILES string of the molecule is CCOP1(=O)C=C([Se]c2ccccc2)C(C)(CC)O1. The maximum atomic E-state index is 12.5. The van der Waals surface area contributed by atoms with Crippen molar-refractivity contribution in [3.8, 4) is 0 Å². The molecule has 0 radical (unpaired) electrons. The second kappa shape index (κ2) is 5.95. The van der Waals surface area contributed by atoms with Crippen LogP contribution in [0, 0.1) is 0 Å². The Balaban J connectivity index is 2.27. The minimum atomic E-state index is -3.05. The molecule has 5 heteroatoms. The quantitative estimate of drug-likeness (QED) is 0.607. The first-order chi connectivity index (χ1) is 9.01. The molecular weight excluding hydrogens is 326 g/mol. The van der Waals surface area contributed by atoms with E-state index in [1.165, 1.54) is 4.46 Å². The molecule has 19 heavy (non-hydrogen) atoms. The topological polar surface area (TPSA) is 35.5 Å². The fourth-order valence-corrected chi connectivity index (χ4v) is 7.08. The molecule has 1 aliphatic rings. The molecule has 3 nitrogen and oxygen atoms in total. The Morgan fingerprint density at radius 2 is 2.00 bits per heavy atom. The van der Waals surface area contributed by atoms with Gasteiger partial charge in [0, 0.05) is 0 Å². The van der Waals surface area contributed by atoms with Crippen molar-refractivity contribution in [2.75, 3.05) is 6.61 Å². The van der Waals surface area contributed by atoms with Crippen LogP contribution in [-0.2, 0) is 13.6 Å². The Bertz CT molecular complexity index is 515. The molecule has 1 heterocycles. The van der Waals surface area contributed by atoms with Gasteiger partial charge in [0.05, 0.1) is 0 Å². The molecule has 0 fully saturated rings. The third-order valence-corrected chi connectivity index (χ3v) is 8.00. The average Bonchev–Trinajstić information content (AvgIpc) is 2.63. The third-order valence-electron chi connectivity index (χ3n) is 3.08. The second-order valence-electron chi connectivity index (χ2n) is 4.54. The van der Waals surface area contributed by atoms with Crippen LogP contribution in [0.2, 0.25) is 0 Å². The van der Waals surface area contributed by atoms with Gasteiger partial charge >= 0.3 is 121 Å². The molecule has 0 saturated carbocycles. The molecule has 1 aromatic rings. The predicted octanol–water partition coefficient (Wildman–Crippen LogP) is 3.29. The van der Waals surface area contributed by atoms with E-state index >= 15 is 0 Å². The molecule has 2 rings (SSSR count). The first-order valence-corrected chi connectivity index (χ1v) is 9.75. The summed E-state index contributed by atoms with van der Waals surface area (Å²) in [5, 5.41) is 0. The van der Waals surface area contributed by atoms with Crippen molar-refractivity contribution in [3.05, 3.63) is 40.6 Å². The number of hydrogen-bond acceptors (Lipinski definition) is 3. The Labute approximate surface area is 121 Å². The monoisotopic (exact) mass is 346 g/mol. The summed E-state index contributed by atoms with van der Waals surface area (Å²) in [6.07, 6.45) is 0.796. The van der Waals surface area contributed by atoms with Crippen LogP contribution in [-0.4, -0.2) is 27.2 Å². The van der Waals surface area contributed by atoms with Gasteiger partial charge in [0.15, 0.2) is 0 Å². The molecule has 0 amide bonds. The number of hydrogen-bond donors (Lipinski definition) is 0. The van der Waals surface area contributed by atoms with Gasteiger partial charge in [-0.3, -0.25) is 0 Å². The molecule has 1 aromatic carbocycles. The van der Waals surface area contributed by atoms with Gasteiger partial charge < -0.3 is 0 Å². The van der Waals surface area contributed by atoms with E-state index in [9.17, 15) is 4.57 Å². The van der Waals surface area contributed by atoms with Gasteiger partial charge in [0.25, 0.3) is 0 Å². The van der Waals surface area contributed by atoms with Crippen LogP contribution in [0.5, 0.6) is 0 Å². The van der Waals surface area contributed by atoms with Crippen molar-refractivity contribution in [3.63, 3.8) is 0 Å². The maximum absolute atomic E-state index is 12.5. The Morgan fingerprint density at radius 1 is 1.32 bits per heavy atom. The zero-order chi connectivity index (χ0) is 13.9. The van der Waals surface area contributed by atoms with Gasteiger partial charge in [-0.2, -0.15) is 0 Å². The van der Waals surface area contributed by atoms with E-state index in [4.69, 9.17) is 9.05 Å². The van der Waals surface area contributed by atoms with Crippen molar-refractivity contribution in [1.82, 2.24) is 0 Å². The summed E-state index contributed by atoms with van der Waals surface area (Å²) in [4.78, 5) is 0. The molecule has 0 aliphatic carbocycles. The Kier molecular flexibility index (Phi) is 4.70. The van der Waals surface area contributed by atoms with Crippen molar-refractivity contribution < 1.29 is 13.6 Å². The fraction of sp³-hybridized carbons (Fsp3) is 0.429. The molecule has 104 valence electrons. The van der Waals surface area contributed by atoms with E-state index in [0.717, 1.165) is 10.9 Å². The van der Waals surface area contributed by atoms with Gasteiger partial charge in [-0.15, -0.1) is 0 Å². The van der Waals surface area contributed by atoms with Crippen LogP contribution < -0.4 is 4.46 Å². The van der Waals surface area contributed by atoms with Crippen LogP contribution in [0.15, 0.2) is 40.6 Å². The van der Waals surface area contributed by atoms with Crippen molar-refractivity contribution in [2.24, 2.45) is 0 Å². The van der Waals surface area contributed by atoms with Crippen molar-refractivity contribution in [2.45, 2.75) is 32.8 Å². The van der Waals surface area contributed by atoms with Crippen molar-refractivity contribution >= 4 is 27.0 Å². The zero-order valence-corrected chi connectivity index (χ0v) is 14.1. The third kappa shape index (κ3) is 3.39. The van der Waals surface area contributed by atoms with Crippen LogP contribution in [0.25, 0.3) is 0 Å². The first kappa shape index (κ1) is 15.0. The molecule has 0 bridgehead atoms. The van der Waals surface area contributed by atoms with E-state index in [1.807, 2.05) is 32.0 Å². The fourth-order valence-electron chi connectivity index (χ4n) is 1.86. The normalized spacial score (nSPS) is 30.4. The summed E-state index contributed by atoms with van der Waals surface area (Å²) in [5.74, 6) is 1.74. The van der Waals surface area contributed by atoms with Crippen molar-refractivity contribution in [1.29, 1.82) is 0 Å². The minimum absolute atomic E-state index is 0.120. The van der Waals surface area contributed by atoms with E-state index in [0.29, 0.717) is 6.61 Å². The summed E-state index contributed by atoms with van der Waals surface area (Å²) >= 11 is 0.120. The number of benzene rings is 1. The van der Waals surface area contributed by atoms with Gasteiger partial charge in [-0.05, 0) is 0 Å². The summed E-state index contributed by atoms with van der Waals surface area (Å²) in [5.41, 5.74) is -0.458. The van der Waals surface area contributed by atoms with E-state index in [2.05, 4.69) is 19.1 Å². The summed E-state index contributed by atoms with van der Waals surface area (Å²) in [6, 6.07) is 10.3. The number of rotatable bonds is 5. The standard InChI is InChI=1S/C14H19O3PSe/c1-4-14(3)13(11-18(15,17-14)16-5-2)19-12-9-7-6-8-10-12/h6-11H,4-5H2,1-3H3. The Hall–Kier alpha value is -0.371. The molecule has 2 atom stereocenters. The van der Waals surface area contributed by atoms with Gasteiger partial charge in [0.2, 0.25) is 0 Å². The van der Waals surface area contributed by atoms with Gasteiger partial charge in [-0.1, -0.05) is 0 Å². The van der Waals surface area contributed by atoms with Crippen LogP contribution in [0.1, 0.15) is 27.2 Å². The zero-order valence-electron chi connectivity index (χ0n) is 11.5. The van der Waals surface area contributed by atoms with Crippen LogP contribution in [0.3, 0.4) is 0 Å². The summed E-state index contributed by atoms with van der Waals surface area (Å²) in [7, 11) is -3.05. The van der Waals surface area contributed by atoms with Crippen LogP contribution >= 0.6 is 7.60 Å².